The van der Waals surface area contributed by atoms with Crippen molar-refractivity contribution in [2.45, 2.75) is 6.92 Å². The van der Waals surface area contributed by atoms with Gasteiger partial charge in [0.1, 0.15) is 5.75 Å². The number of anilines is 1. The summed E-state index contributed by atoms with van der Waals surface area (Å²) in [6.07, 6.45) is 2.86. The number of nitrogens with zero attached hydrogens (tertiary/aromatic N) is 1. The number of amides is 1. The molecule has 0 fully saturated rings. The van der Waals surface area contributed by atoms with Crippen LogP contribution in [0.25, 0.3) is 6.08 Å². The smallest absolute Gasteiger partial charge is 0.246 e. The molecule has 1 aromatic carbocycles. The number of carbonyl (C=O) groups excluding carboxylic acids is 1. The minimum absolute atomic E-state index is 0.0680. The molecule has 5 nitrogen and oxygen atoms in total. The first-order valence-electron chi connectivity index (χ1n) is 5.74. The molecule has 5 heteroatoms. The van der Waals surface area contributed by atoms with Crippen molar-refractivity contribution in [2.24, 2.45) is 0 Å². The number of aliphatic hydroxyl groups excluding tert-OH is 1. The summed E-state index contributed by atoms with van der Waals surface area (Å²) in [5.41, 5.74) is 6.60. The summed E-state index contributed by atoms with van der Waals surface area (Å²) in [7, 11) is 0. The number of hydrogen-bond donors (Lipinski definition) is 3. The first kappa shape index (κ1) is 14.1. The Morgan fingerprint density at radius 3 is 2.83 bits per heavy atom. The summed E-state index contributed by atoms with van der Waals surface area (Å²) < 4.78 is 0. The minimum atomic E-state index is -0.214. The van der Waals surface area contributed by atoms with E-state index in [1.807, 2.05) is 6.92 Å². The fourth-order valence-electron chi connectivity index (χ4n) is 1.52. The average molecular weight is 250 g/mol. The average Bonchev–Trinajstić information content (AvgIpc) is 2.36. The number of nitrogens with two attached hydrogens (primary N) is 1. The molecule has 0 spiro atoms. The van der Waals surface area contributed by atoms with Gasteiger partial charge in [0.25, 0.3) is 0 Å². The molecule has 0 unspecified atom stereocenters. The number of benzene rings is 1. The van der Waals surface area contributed by atoms with Crippen LogP contribution in [-0.2, 0) is 4.79 Å². The van der Waals surface area contributed by atoms with E-state index in [1.165, 1.54) is 23.1 Å². The summed E-state index contributed by atoms with van der Waals surface area (Å²) in [6.45, 7) is 2.57. The third-order valence-corrected chi connectivity index (χ3v) is 2.52. The van der Waals surface area contributed by atoms with Gasteiger partial charge in [-0.2, -0.15) is 0 Å². The molecule has 0 aliphatic heterocycles. The van der Waals surface area contributed by atoms with Crippen molar-refractivity contribution in [3.63, 3.8) is 0 Å². The highest BCUT2D eigenvalue weighted by atomic mass is 16.3. The predicted molar refractivity (Wildman–Crippen MR) is 70.9 cm³/mol. The molecule has 0 saturated heterocycles. The molecule has 1 amide bonds. The van der Waals surface area contributed by atoms with Crippen molar-refractivity contribution < 1.29 is 15.0 Å². The lowest BCUT2D eigenvalue weighted by molar-refractivity contribution is -0.126. The molecule has 0 atom stereocenters. The topological polar surface area (TPSA) is 86.8 Å². The summed E-state index contributed by atoms with van der Waals surface area (Å²) in [4.78, 5) is 13.2. The Kier molecular flexibility index (Phi) is 5.20. The molecule has 0 saturated carbocycles. The first-order chi connectivity index (χ1) is 8.58. The highest BCUT2D eigenvalue weighted by Crippen LogP contribution is 2.21. The van der Waals surface area contributed by atoms with Crippen LogP contribution in [0.3, 0.4) is 0 Å². The van der Waals surface area contributed by atoms with E-state index >= 15 is 0 Å². The van der Waals surface area contributed by atoms with E-state index in [4.69, 9.17) is 10.8 Å². The van der Waals surface area contributed by atoms with Crippen molar-refractivity contribution in [1.29, 1.82) is 0 Å². The van der Waals surface area contributed by atoms with Gasteiger partial charge in [-0.05, 0) is 31.2 Å². The first-order valence-corrected chi connectivity index (χ1v) is 5.74. The van der Waals surface area contributed by atoms with Crippen LogP contribution in [-0.4, -0.2) is 40.7 Å². The second-order valence-corrected chi connectivity index (χ2v) is 3.79. The van der Waals surface area contributed by atoms with Crippen molar-refractivity contribution in [1.82, 2.24) is 4.90 Å². The maximum absolute atomic E-state index is 11.7. The van der Waals surface area contributed by atoms with Crippen molar-refractivity contribution in [2.75, 3.05) is 25.4 Å². The van der Waals surface area contributed by atoms with Crippen LogP contribution in [0.4, 0.5) is 5.69 Å². The van der Waals surface area contributed by atoms with Gasteiger partial charge in [0, 0.05) is 30.4 Å². The molecule has 0 heterocycles. The Morgan fingerprint density at radius 1 is 1.50 bits per heavy atom. The lowest BCUT2D eigenvalue weighted by Crippen LogP contribution is -2.31. The lowest BCUT2D eigenvalue weighted by Gasteiger charge is -2.17. The fourth-order valence-corrected chi connectivity index (χ4v) is 1.52. The van der Waals surface area contributed by atoms with Crippen LogP contribution in [0.15, 0.2) is 24.3 Å². The molecular formula is C13H18N2O3. The van der Waals surface area contributed by atoms with Crippen LogP contribution < -0.4 is 5.73 Å². The minimum Gasteiger partial charge on any atom is -0.507 e. The van der Waals surface area contributed by atoms with Gasteiger partial charge < -0.3 is 20.8 Å². The third-order valence-electron chi connectivity index (χ3n) is 2.52. The van der Waals surface area contributed by atoms with E-state index in [0.29, 0.717) is 24.3 Å². The molecule has 1 rings (SSSR count). The van der Waals surface area contributed by atoms with E-state index in [0.717, 1.165) is 0 Å². The van der Waals surface area contributed by atoms with Crippen LogP contribution in [0, 0.1) is 0 Å². The lowest BCUT2D eigenvalue weighted by atomic mass is 10.1. The zero-order chi connectivity index (χ0) is 13.5. The van der Waals surface area contributed by atoms with Gasteiger partial charge in [0.05, 0.1) is 6.61 Å². The van der Waals surface area contributed by atoms with Gasteiger partial charge >= 0.3 is 0 Å². The fraction of sp³-hybridized carbons (Fsp3) is 0.308. The Bertz CT molecular complexity index is 444. The molecule has 98 valence electrons. The van der Waals surface area contributed by atoms with Crippen LogP contribution in [0.1, 0.15) is 12.5 Å². The quantitative estimate of drug-likeness (QED) is 0.410. The Balaban J connectivity index is 2.79. The third kappa shape index (κ3) is 3.78. The van der Waals surface area contributed by atoms with Crippen molar-refractivity contribution in [3.05, 3.63) is 29.8 Å². The molecule has 1 aromatic rings. The van der Waals surface area contributed by atoms with Crippen molar-refractivity contribution >= 4 is 17.7 Å². The zero-order valence-corrected chi connectivity index (χ0v) is 10.3. The number of aliphatic hydroxyl groups is 1. The number of hydrogen-bond acceptors (Lipinski definition) is 4. The Hall–Kier alpha value is -2.01. The number of aromatic hydroxyl groups is 1. The molecule has 4 N–H and O–H groups in total. The van der Waals surface area contributed by atoms with Crippen LogP contribution in [0.5, 0.6) is 5.75 Å². The summed E-state index contributed by atoms with van der Waals surface area (Å²) in [5, 5.41) is 18.4. The van der Waals surface area contributed by atoms with Gasteiger partial charge in [0.15, 0.2) is 0 Å². The SMILES string of the molecule is CCN(CCO)C(=O)/C=C/c1cc(N)ccc1O. The van der Waals surface area contributed by atoms with Gasteiger partial charge in [-0.15, -0.1) is 0 Å². The normalized spacial score (nSPS) is 10.8. The summed E-state index contributed by atoms with van der Waals surface area (Å²) >= 11 is 0. The molecule has 0 aliphatic rings. The van der Waals surface area contributed by atoms with E-state index in [2.05, 4.69) is 0 Å². The molecular weight excluding hydrogens is 232 g/mol. The van der Waals surface area contributed by atoms with Crippen LogP contribution >= 0.6 is 0 Å². The summed E-state index contributed by atoms with van der Waals surface area (Å²) in [5.74, 6) is -0.146. The number of carbonyl (C=O) groups is 1. The second-order valence-electron chi connectivity index (χ2n) is 3.79. The number of likely N-dealkylation sites (N-methyl/N-ethyl adjacent to an activating group) is 1. The Morgan fingerprint density at radius 2 is 2.22 bits per heavy atom. The number of rotatable bonds is 5. The number of phenolic OH excluding ortho intramolecular Hbond substituents is 1. The maximum Gasteiger partial charge on any atom is 0.246 e. The van der Waals surface area contributed by atoms with Crippen LogP contribution in [0.2, 0.25) is 0 Å². The van der Waals surface area contributed by atoms with Crippen molar-refractivity contribution in [3.8, 4) is 5.75 Å². The largest absolute Gasteiger partial charge is 0.507 e. The number of nitrogen functional groups attached to an aromatic ring is 1. The molecule has 18 heavy (non-hydrogen) atoms. The molecule has 0 aliphatic carbocycles. The zero-order valence-electron chi connectivity index (χ0n) is 10.3. The van der Waals surface area contributed by atoms with E-state index in [-0.39, 0.29) is 18.3 Å². The summed E-state index contributed by atoms with van der Waals surface area (Å²) in [6, 6.07) is 4.64. The predicted octanol–water partition coefficient (Wildman–Crippen LogP) is 0.828. The second kappa shape index (κ2) is 6.66. The highest BCUT2D eigenvalue weighted by Gasteiger charge is 2.07. The van der Waals surface area contributed by atoms with Gasteiger partial charge in [-0.3, -0.25) is 4.79 Å². The standard InChI is InChI=1S/C13H18N2O3/c1-2-15(7-8-16)13(18)6-3-10-9-11(14)4-5-12(10)17/h3-6,9,16-17H,2,7-8,14H2,1H3/b6-3+. The van der Waals surface area contributed by atoms with E-state index in [9.17, 15) is 9.90 Å². The molecule has 0 radical (unpaired) electrons. The van der Waals surface area contributed by atoms with Gasteiger partial charge in [-0.25, -0.2) is 0 Å². The maximum atomic E-state index is 11.7. The van der Waals surface area contributed by atoms with E-state index < -0.39 is 0 Å². The van der Waals surface area contributed by atoms with E-state index in [1.54, 1.807) is 12.1 Å². The highest BCUT2D eigenvalue weighted by molar-refractivity contribution is 5.92. The Labute approximate surface area is 106 Å². The van der Waals surface area contributed by atoms with Gasteiger partial charge in [-0.1, -0.05) is 0 Å². The monoisotopic (exact) mass is 250 g/mol. The van der Waals surface area contributed by atoms with Gasteiger partial charge in [0.2, 0.25) is 5.91 Å². The number of phenols is 1. The molecule has 0 bridgehead atoms. The molecule has 0 aromatic heterocycles.